The van der Waals surface area contributed by atoms with Crippen molar-refractivity contribution in [3.63, 3.8) is 0 Å². The van der Waals surface area contributed by atoms with Crippen molar-refractivity contribution in [1.29, 1.82) is 0 Å². The number of ether oxygens (including phenoxy) is 1. The van der Waals surface area contributed by atoms with Gasteiger partial charge in [-0.05, 0) is 54.8 Å². The molecule has 5 heterocycles. The van der Waals surface area contributed by atoms with Crippen molar-refractivity contribution in [2.24, 2.45) is 5.92 Å². The monoisotopic (exact) mass is 594 g/mol. The van der Waals surface area contributed by atoms with Crippen LogP contribution in [0.4, 0.5) is 30.4 Å². The van der Waals surface area contributed by atoms with Gasteiger partial charge in [0.2, 0.25) is 11.8 Å². The quantitative estimate of drug-likeness (QED) is 0.471. The number of rotatable bonds is 5. The van der Waals surface area contributed by atoms with Gasteiger partial charge < -0.3 is 19.9 Å². The lowest BCUT2D eigenvalue weighted by atomic mass is 9.94. The van der Waals surface area contributed by atoms with Crippen LogP contribution in [0.1, 0.15) is 46.1 Å². The van der Waals surface area contributed by atoms with E-state index in [1.807, 2.05) is 31.3 Å². The molecule has 3 aromatic rings. The van der Waals surface area contributed by atoms with Gasteiger partial charge in [-0.1, -0.05) is 12.1 Å². The molecular weight excluding hydrogens is 561 g/mol. The number of hydrogen-bond acceptors (Lipinski definition) is 7. The third-order valence-electron chi connectivity index (χ3n) is 8.51. The highest BCUT2D eigenvalue weighted by Crippen LogP contribution is 2.42. The molecule has 0 saturated carbocycles. The number of amides is 2. The molecule has 2 amide bonds. The molecule has 3 aliphatic rings. The Morgan fingerprint density at radius 3 is 2.67 bits per heavy atom. The molecule has 0 aliphatic carbocycles. The normalized spacial score (nSPS) is 21.9. The first-order chi connectivity index (χ1) is 20.5. The van der Waals surface area contributed by atoms with Crippen LogP contribution in [0.25, 0.3) is 0 Å². The van der Waals surface area contributed by atoms with Crippen LogP contribution in [0.3, 0.4) is 0 Å². The SMILES string of the molecule is COC[C@@H]1NCc2cc(CN3C[C@H]4CC(=O)N(c5cc(C(F)(F)F)cc(C)n5)[C@@H]4C(=O)N(C)c4cccc(C)c43)cnc21. The summed E-state index contributed by atoms with van der Waals surface area (Å²) < 4.78 is 46.4. The van der Waals surface area contributed by atoms with Crippen molar-refractivity contribution in [3.05, 3.63) is 76.2 Å². The van der Waals surface area contributed by atoms with E-state index in [1.165, 1.54) is 16.7 Å². The number of alkyl halides is 3. The fourth-order valence-corrected chi connectivity index (χ4v) is 6.61. The number of pyridine rings is 2. The van der Waals surface area contributed by atoms with Gasteiger partial charge in [0.1, 0.15) is 11.9 Å². The number of anilines is 3. The molecule has 3 aliphatic heterocycles. The molecule has 3 atom stereocenters. The van der Waals surface area contributed by atoms with Crippen LogP contribution in [0.2, 0.25) is 0 Å². The number of fused-ring (bicyclic) bond motifs is 3. The molecule has 9 nitrogen and oxygen atoms in total. The van der Waals surface area contributed by atoms with E-state index in [0.717, 1.165) is 40.2 Å². The first-order valence-corrected chi connectivity index (χ1v) is 14.2. The number of aromatic nitrogens is 2. The Kier molecular flexibility index (Phi) is 7.37. The van der Waals surface area contributed by atoms with E-state index in [4.69, 9.17) is 9.72 Å². The molecule has 0 radical (unpaired) electrons. The number of benzene rings is 1. The average molecular weight is 595 g/mol. The molecule has 1 saturated heterocycles. The minimum atomic E-state index is -4.62. The molecular formula is C31H33F3N6O3. The Morgan fingerprint density at radius 1 is 1.14 bits per heavy atom. The minimum Gasteiger partial charge on any atom is -0.383 e. The van der Waals surface area contributed by atoms with Crippen molar-refractivity contribution >= 4 is 29.0 Å². The maximum absolute atomic E-state index is 14.1. The summed E-state index contributed by atoms with van der Waals surface area (Å²) in [7, 11) is 3.30. The Bertz CT molecular complexity index is 1600. The van der Waals surface area contributed by atoms with E-state index >= 15 is 0 Å². The zero-order chi connectivity index (χ0) is 30.6. The predicted molar refractivity (Wildman–Crippen MR) is 155 cm³/mol. The van der Waals surface area contributed by atoms with Crippen molar-refractivity contribution in [1.82, 2.24) is 15.3 Å². The first-order valence-electron chi connectivity index (χ1n) is 14.2. The number of nitrogens with one attached hydrogen (secondary N) is 1. The van der Waals surface area contributed by atoms with Gasteiger partial charge >= 0.3 is 6.18 Å². The second-order valence-electron chi connectivity index (χ2n) is 11.5. The predicted octanol–water partition coefficient (Wildman–Crippen LogP) is 4.31. The van der Waals surface area contributed by atoms with Gasteiger partial charge in [-0.15, -0.1) is 0 Å². The topological polar surface area (TPSA) is 90.9 Å². The van der Waals surface area contributed by atoms with Crippen LogP contribution in [0, 0.1) is 19.8 Å². The van der Waals surface area contributed by atoms with E-state index in [2.05, 4.69) is 21.3 Å². The van der Waals surface area contributed by atoms with Crippen LogP contribution in [-0.2, 0) is 33.6 Å². The van der Waals surface area contributed by atoms with Crippen molar-refractivity contribution < 1.29 is 27.5 Å². The van der Waals surface area contributed by atoms with Gasteiger partial charge in [-0.3, -0.25) is 19.5 Å². The summed E-state index contributed by atoms with van der Waals surface area (Å²) in [5.74, 6) is -1.44. The van der Waals surface area contributed by atoms with E-state index in [-0.39, 0.29) is 29.9 Å². The molecule has 1 aromatic carbocycles. The van der Waals surface area contributed by atoms with Gasteiger partial charge in [0.15, 0.2) is 0 Å². The number of hydrogen-bond donors (Lipinski definition) is 1. The van der Waals surface area contributed by atoms with Gasteiger partial charge in [-0.2, -0.15) is 13.2 Å². The largest absolute Gasteiger partial charge is 0.416 e. The number of halogens is 3. The molecule has 6 rings (SSSR count). The van der Waals surface area contributed by atoms with Crippen LogP contribution >= 0.6 is 0 Å². The van der Waals surface area contributed by atoms with Crippen molar-refractivity contribution in [3.8, 4) is 0 Å². The van der Waals surface area contributed by atoms with E-state index < -0.39 is 29.6 Å². The fourth-order valence-electron chi connectivity index (χ4n) is 6.61. The molecule has 1 fully saturated rings. The standard InChI is InChI=1S/C31H33F3N6O3/c1-17-6-5-7-24-28(17)39(14-19-9-20-13-35-23(16-43-4)27(20)36-12-19)15-21-10-26(41)40(29(21)30(42)38(24)3)25-11-22(31(32,33)34)8-18(2)37-25/h5-9,11-12,21,23,29,35H,10,13-16H2,1-4H3/t21-,23+,29+/m1/s1. The summed E-state index contributed by atoms with van der Waals surface area (Å²) in [6.45, 7) is 5.42. The zero-order valence-corrected chi connectivity index (χ0v) is 24.4. The van der Waals surface area contributed by atoms with Gasteiger partial charge in [0, 0.05) is 58.0 Å². The summed E-state index contributed by atoms with van der Waals surface area (Å²) in [6.07, 6.45) is -2.77. The molecule has 226 valence electrons. The van der Waals surface area contributed by atoms with Crippen LogP contribution < -0.4 is 20.0 Å². The molecule has 1 N–H and O–H groups in total. The van der Waals surface area contributed by atoms with E-state index in [1.54, 1.807) is 14.2 Å². The summed E-state index contributed by atoms with van der Waals surface area (Å²) >= 11 is 0. The highest BCUT2D eigenvalue weighted by molar-refractivity contribution is 6.10. The minimum absolute atomic E-state index is 0.00396. The highest BCUT2D eigenvalue weighted by Gasteiger charge is 2.49. The molecule has 0 unspecified atom stereocenters. The number of carbonyl (C=O) groups is 2. The number of aryl methyl sites for hydroxylation is 2. The maximum Gasteiger partial charge on any atom is 0.416 e. The Balaban J connectivity index is 1.40. The number of para-hydroxylation sites is 1. The Hall–Kier alpha value is -4.03. The van der Waals surface area contributed by atoms with Gasteiger partial charge in [0.05, 0.1) is 35.3 Å². The van der Waals surface area contributed by atoms with Crippen LogP contribution in [-0.4, -0.2) is 55.1 Å². The summed E-state index contributed by atoms with van der Waals surface area (Å²) in [4.78, 5) is 41.4. The third kappa shape index (κ3) is 5.22. The second-order valence-corrected chi connectivity index (χ2v) is 11.5. The average Bonchev–Trinajstić information content (AvgIpc) is 3.50. The lowest BCUT2D eigenvalue weighted by Crippen LogP contribution is -2.52. The molecule has 0 spiro atoms. The number of likely N-dealkylation sites (N-methyl/N-ethyl adjacent to an activating group) is 1. The highest BCUT2D eigenvalue weighted by atomic mass is 19.4. The fraction of sp³-hybridized carbons (Fsp3) is 0.419. The zero-order valence-electron chi connectivity index (χ0n) is 24.4. The van der Waals surface area contributed by atoms with Gasteiger partial charge in [0.25, 0.3) is 0 Å². The lowest BCUT2D eigenvalue weighted by Gasteiger charge is -2.39. The first kappa shape index (κ1) is 29.1. The van der Waals surface area contributed by atoms with Crippen molar-refractivity contribution in [2.75, 3.05) is 42.0 Å². The number of methoxy groups -OCH3 is 1. The summed E-state index contributed by atoms with van der Waals surface area (Å²) in [6, 6.07) is 8.62. The number of carbonyl (C=O) groups excluding carboxylic acids is 2. The van der Waals surface area contributed by atoms with E-state index in [0.29, 0.717) is 31.9 Å². The van der Waals surface area contributed by atoms with Crippen LogP contribution in [0.15, 0.2) is 42.6 Å². The van der Waals surface area contributed by atoms with Crippen LogP contribution in [0.5, 0.6) is 0 Å². The van der Waals surface area contributed by atoms with Crippen molar-refractivity contribution in [2.45, 2.75) is 51.6 Å². The Morgan fingerprint density at radius 2 is 1.93 bits per heavy atom. The molecule has 43 heavy (non-hydrogen) atoms. The number of nitrogens with zero attached hydrogens (tertiary/aromatic N) is 5. The van der Waals surface area contributed by atoms with Gasteiger partial charge in [-0.25, -0.2) is 4.98 Å². The third-order valence-corrected chi connectivity index (χ3v) is 8.51. The summed E-state index contributed by atoms with van der Waals surface area (Å²) in [5, 5.41) is 3.42. The maximum atomic E-state index is 14.1. The Labute approximate surface area is 247 Å². The lowest BCUT2D eigenvalue weighted by molar-refractivity contribution is -0.137. The van der Waals surface area contributed by atoms with E-state index in [9.17, 15) is 22.8 Å². The second kappa shape index (κ2) is 10.9. The summed E-state index contributed by atoms with van der Waals surface area (Å²) in [5.41, 5.74) is 4.71. The smallest absolute Gasteiger partial charge is 0.383 e. The molecule has 2 aromatic heterocycles. The molecule has 0 bridgehead atoms. The molecule has 12 heteroatoms.